The lowest BCUT2D eigenvalue weighted by atomic mass is 10.1. The molecule has 2 heterocycles. The van der Waals surface area contributed by atoms with Crippen molar-refractivity contribution in [2.75, 3.05) is 20.1 Å². The predicted molar refractivity (Wildman–Crippen MR) is 98.2 cm³/mol. The molecule has 0 amide bonds. The van der Waals surface area contributed by atoms with Crippen molar-refractivity contribution in [3.05, 3.63) is 59.4 Å². The number of rotatable bonds is 3. The number of aryl methyl sites for hydroxylation is 1. The van der Waals surface area contributed by atoms with E-state index >= 15 is 0 Å². The molecule has 2 atom stereocenters. The summed E-state index contributed by atoms with van der Waals surface area (Å²) in [7, 11) is 1.76. The van der Waals surface area contributed by atoms with Crippen LogP contribution in [0.15, 0.2) is 41.5 Å². The highest BCUT2D eigenvalue weighted by molar-refractivity contribution is 5.80. The summed E-state index contributed by atoms with van der Waals surface area (Å²) >= 11 is 0. The molecule has 3 rings (SSSR count). The van der Waals surface area contributed by atoms with Crippen LogP contribution in [0.25, 0.3) is 0 Å². The third kappa shape index (κ3) is 4.54. The van der Waals surface area contributed by atoms with Crippen LogP contribution < -0.4 is 5.32 Å². The van der Waals surface area contributed by atoms with Crippen LogP contribution in [0.2, 0.25) is 0 Å². The van der Waals surface area contributed by atoms with Crippen LogP contribution >= 0.6 is 0 Å². The lowest BCUT2D eigenvalue weighted by Gasteiger charge is -2.38. The first-order chi connectivity index (χ1) is 12.5. The number of halogens is 1. The third-order valence-corrected chi connectivity index (χ3v) is 4.27. The normalized spacial score (nSPS) is 20.9. The minimum atomic E-state index is -0.243. The third-order valence-electron chi connectivity index (χ3n) is 4.27. The van der Waals surface area contributed by atoms with E-state index in [1.165, 1.54) is 12.1 Å². The van der Waals surface area contributed by atoms with E-state index in [-0.39, 0.29) is 18.0 Å². The topological polar surface area (TPSA) is 62.6 Å². The number of morpholine rings is 1. The molecule has 0 spiro atoms. The highest BCUT2D eigenvalue weighted by Crippen LogP contribution is 2.25. The lowest BCUT2D eigenvalue weighted by molar-refractivity contribution is -0.0605. The van der Waals surface area contributed by atoms with Crippen molar-refractivity contribution in [2.45, 2.75) is 32.6 Å². The highest BCUT2D eigenvalue weighted by atomic mass is 19.1. The molecule has 2 aromatic rings. The molecule has 26 heavy (non-hydrogen) atoms. The van der Waals surface area contributed by atoms with Crippen LogP contribution in [0.5, 0.6) is 0 Å². The highest BCUT2D eigenvalue weighted by Gasteiger charge is 2.28. The van der Waals surface area contributed by atoms with Gasteiger partial charge in [0.2, 0.25) is 0 Å². The van der Waals surface area contributed by atoms with Gasteiger partial charge in [0.1, 0.15) is 17.7 Å². The quantitative estimate of drug-likeness (QED) is 0.675. The molecular weight excluding hydrogens is 333 g/mol. The number of aromatic nitrogens is 2. The predicted octanol–water partition coefficient (Wildman–Crippen LogP) is 2.46. The summed E-state index contributed by atoms with van der Waals surface area (Å²) in [5, 5.41) is 3.35. The maximum atomic E-state index is 13.2. The van der Waals surface area contributed by atoms with Gasteiger partial charge in [0.25, 0.3) is 0 Å². The first-order valence-electron chi connectivity index (χ1n) is 8.70. The van der Waals surface area contributed by atoms with E-state index in [0.717, 1.165) is 29.6 Å². The zero-order valence-electron chi connectivity index (χ0n) is 15.3. The SMILES string of the molecule is CN=C(NCc1ccnc(C)n1)N1CC(C)OC(c2ccc(F)cc2)C1. The van der Waals surface area contributed by atoms with Gasteiger partial charge >= 0.3 is 0 Å². The van der Waals surface area contributed by atoms with Crippen molar-refractivity contribution in [3.8, 4) is 0 Å². The van der Waals surface area contributed by atoms with Gasteiger partial charge in [-0.25, -0.2) is 14.4 Å². The average Bonchev–Trinajstić information content (AvgIpc) is 2.62. The number of nitrogens with zero attached hydrogens (tertiary/aromatic N) is 4. The zero-order chi connectivity index (χ0) is 18.5. The van der Waals surface area contributed by atoms with Crippen molar-refractivity contribution in [3.63, 3.8) is 0 Å². The molecular formula is C19H24FN5O. The molecule has 6 nitrogen and oxygen atoms in total. The Morgan fingerprint density at radius 1 is 1.31 bits per heavy atom. The van der Waals surface area contributed by atoms with E-state index in [1.807, 2.05) is 19.9 Å². The Morgan fingerprint density at radius 3 is 2.77 bits per heavy atom. The summed E-state index contributed by atoms with van der Waals surface area (Å²) < 4.78 is 19.2. The minimum Gasteiger partial charge on any atom is -0.367 e. The monoisotopic (exact) mass is 357 g/mol. The molecule has 1 N–H and O–H groups in total. The van der Waals surface area contributed by atoms with Gasteiger partial charge in [0.15, 0.2) is 5.96 Å². The fraction of sp³-hybridized carbons (Fsp3) is 0.421. The Morgan fingerprint density at radius 2 is 2.08 bits per heavy atom. The fourth-order valence-corrected chi connectivity index (χ4v) is 3.09. The summed E-state index contributed by atoms with van der Waals surface area (Å²) in [4.78, 5) is 15.1. The Labute approximate surface area is 153 Å². The van der Waals surface area contributed by atoms with E-state index in [1.54, 1.807) is 25.4 Å². The van der Waals surface area contributed by atoms with Crippen LogP contribution in [-0.2, 0) is 11.3 Å². The van der Waals surface area contributed by atoms with Gasteiger partial charge in [-0.3, -0.25) is 4.99 Å². The van der Waals surface area contributed by atoms with Crippen molar-refractivity contribution in [2.24, 2.45) is 4.99 Å². The maximum Gasteiger partial charge on any atom is 0.194 e. The van der Waals surface area contributed by atoms with Crippen LogP contribution in [0, 0.1) is 12.7 Å². The molecule has 1 aliphatic heterocycles. The Balaban J connectivity index is 1.68. The second kappa shape index (κ2) is 8.23. The standard InChI is InChI=1S/C19H24FN5O/c1-13-11-25(12-18(26-13)15-4-6-16(20)7-5-15)19(21-3)23-10-17-8-9-22-14(2)24-17/h4-9,13,18H,10-12H2,1-3H3,(H,21,23). The number of hydrogen-bond acceptors (Lipinski definition) is 4. The number of guanidine groups is 1. The van der Waals surface area contributed by atoms with E-state index in [9.17, 15) is 4.39 Å². The number of benzene rings is 1. The van der Waals surface area contributed by atoms with Crippen molar-refractivity contribution in [1.82, 2.24) is 20.2 Å². The smallest absolute Gasteiger partial charge is 0.194 e. The Kier molecular flexibility index (Phi) is 5.78. The van der Waals surface area contributed by atoms with Gasteiger partial charge in [-0.2, -0.15) is 0 Å². The molecule has 1 aromatic carbocycles. The van der Waals surface area contributed by atoms with Gasteiger partial charge in [-0.1, -0.05) is 12.1 Å². The van der Waals surface area contributed by atoms with Crippen molar-refractivity contribution in [1.29, 1.82) is 0 Å². The van der Waals surface area contributed by atoms with Crippen molar-refractivity contribution < 1.29 is 9.13 Å². The summed E-state index contributed by atoms with van der Waals surface area (Å²) in [5.41, 5.74) is 1.87. The van der Waals surface area contributed by atoms with Gasteiger partial charge < -0.3 is 15.0 Å². The Bertz CT molecular complexity index is 765. The van der Waals surface area contributed by atoms with Crippen LogP contribution in [0.1, 0.15) is 30.1 Å². The number of nitrogens with one attached hydrogen (secondary N) is 1. The first kappa shape index (κ1) is 18.3. The van der Waals surface area contributed by atoms with Crippen LogP contribution in [0.4, 0.5) is 4.39 Å². The lowest BCUT2D eigenvalue weighted by Crippen LogP contribution is -2.50. The van der Waals surface area contributed by atoms with Gasteiger partial charge in [-0.15, -0.1) is 0 Å². The van der Waals surface area contributed by atoms with Gasteiger partial charge in [-0.05, 0) is 37.6 Å². The zero-order valence-corrected chi connectivity index (χ0v) is 15.3. The molecule has 0 saturated carbocycles. The van der Waals surface area contributed by atoms with Gasteiger partial charge in [0, 0.05) is 19.8 Å². The number of ether oxygens (including phenoxy) is 1. The summed E-state index contributed by atoms with van der Waals surface area (Å²) in [6, 6.07) is 8.36. The molecule has 0 aliphatic carbocycles. The molecule has 7 heteroatoms. The Hall–Kier alpha value is -2.54. The average molecular weight is 357 g/mol. The number of aliphatic imine (C=N–C) groups is 1. The second-order valence-electron chi connectivity index (χ2n) is 6.39. The largest absolute Gasteiger partial charge is 0.367 e. The van der Waals surface area contributed by atoms with Gasteiger partial charge in [0.05, 0.1) is 24.9 Å². The molecule has 138 valence electrons. The van der Waals surface area contributed by atoms with Crippen LogP contribution in [-0.4, -0.2) is 47.1 Å². The number of hydrogen-bond donors (Lipinski definition) is 1. The molecule has 1 aliphatic rings. The molecule has 0 radical (unpaired) electrons. The maximum absolute atomic E-state index is 13.2. The minimum absolute atomic E-state index is 0.0404. The second-order valence-corrected chi connectivity index (χ2v) is 6.39. The van der Waals surface area contributed by atoms with Crippen molar-refractivity contribution >= 4 is 5.96 Å². The summed E-state index contributed by atoms with van der Waals surface area (Å²) in [5.74, 6) is 1.30. The molecule has 1 saturated heterocycles. The van der Waals surface area contributed by atoms with E-state index in [2.05, 4.69) is 25.2 Å². The first-order valence-corrected chi connectivity index (χ1v) is 8.70. The molecule has 2 unspecified atom stereocenters. The van der Waals surface area contributed by atoms with E-state index in [0.29, 0.717) is 13.1 Å². The van der Waals surface area contributed by atoms with E-state index < -0.39 is 0 Å². The summed E-state index contributed by atoms with van der Waals surface area (Å²) in [6.45, 7) is 5.86. The molecule has 0 bridgehead atoms. The van der Waals surface area contributed by atoms with Crippen LogP contribution in [0.3, 0.4) is 0 Å². The molecule has 1 fully saturated rings. The molecule has 1 aromatic heterocycles. The van der Waals surface area contributed by atoms with E-state index in [4.69, 9.17) is 4.74 Å². The summed E-state index contributed by atoms with van der Waals surface area (Å²) in [6.07, 6.45) is 1.67. The fourth-order valence-electron chi connectivity index (χ4n) is 3.09.